The Kier molecular flexibility index (Phi) is 12.4. The van der Waals surface area contributed by atoms with Crippen LogP contribution in [0, 0.1) is 12.0 Å². The van der Waals surface area contributed by atoms with E-state index >= 15 is 0 Å². The van der Waals surface area contributed by atoms with Crippen LogP contribution < -0.4 is 0 Å². The van der Waals surface area contributed by atoms with E-state index in [0.717, 1.165) is 12.8 Å². The molecule has 7 heavy (non-hydrogen) atoms. The first-order valence-electron chi connectivity index (χ1n) is 2.03. The lowest BCUT2D eigenvalue weighted by Gasteiger charge is -1.70. The average Bonchev–Trinajstić information content (AvgIpc) is 1.61. The number of hydrogen-bond donors (Lipinski definition) is 1. The summed E-state index contributed by atoms with van der Waals surface area (Å²) >= 11 is 0. The maximum atomic E-state index is 7.84. The van der Waals surface area contributed by atoms with Crippen molar-refractivity contribution in [1.82, 2.24) is 0 Å². The van der Waals surface area contributed by atoms with Crippen LogP contribution in [-0.4, -0.2) is 5.11 Å². The molecule has 1 N–H and O–H groups in total. The summed E-state index contributed by atoms with van der Waals surface area (Å²) in [4.78, 5) is 0. The fourth-order valence-corrected chi connectivity index (χ4v) is 0.181. The lowest BCUT2D eigenvalue weighted by atomic mass is 10.4. The van der Waals surface area contributed by atoms with Crippen LogP contribution in [0.25, 0.3) is 0 Å². The smallest absolute Gasteiger partial charge is 0.107 e. The number of rotatable bonds is 1. The van der Waals surface area contributed by atoms with Crippen LogP contribution in [0.1, 0.15) is 27.2 Å². The van der Waals surface area contributed by atoms with Crippen molar-refractivity contribution in [3.05, 3.63) is 0 Å². The molecule has 0 aliphatic heterocycles. The van der Waals surface area contributed by atoms with Crippen LogP contribution in [0.4, 0.5) is 0 Å². The van der Waals surface area contributed by atoms with Crippen LogP contribution in [0.3, 0.4) is 0 Å². The summed E-state index contributed by atoms with van der Waals surface area (Å²) in [5.41, 5.74) is 0. The summed E-state index contributed by atoms with van der Waals surface area (Å²) in [6.07, 6.45) is 3.64. The van der Waals surface area contributed by atoms with Gasteiger partial charge >= 0.3 is 0 Å². The molecular formula is C6H12O. The zero-order chi connectivity index (χ0) is 4.83. The highest BCUT2D eigenvalue weighted by Gasteiger charge is 1.64. The second-order valence-corrected chi connectivity index (χ2v) is 1.04. The molecule has 0 unspecified atom stereocenters. The Hall–Kier alpha value is -0.640. The van der Waals surface area contributed by atoms with E-state index in [2.05, 4.69) is 5.92 Å². The molecule has 0 saturated heterocycles. The van der Waals surface area contributed by atoms with Gasteiger partial charge in [-0.15, -0.1) is 0 Å². The SMILES string of the molecule is C.CCCC#CO. The molecule has 0 rings (SSSR count). The van der Waals surface area contributed by atoms with Gasteiger partial charge in [-0.05, 0) is 6.42 Å². The van der Waals surface area contributed by atoms with Crippen molar-refractivity contribution in [2.45, 2.75) is 27.2 Å². The third-order valence-electron chi connectivity index (χ3n) is 0.454. The quantitative estimate of drug-likeness (QED) is 0.498. The summed E-state index contributed by atoms with van der Waals surface area (Å²) in [6.45, 7) is 2.02. The van der Waals surface area contributed by atoms with E-state index in [4.69, 9.17) is 5.11 Å². The minimum Gasteiger partial charge on any atom is -0.462 e. The number of hydrogen-bond acceptors (Lipinski definition) is 1. The predicted molar refractivity (Wildman–Crippen MR) is 31.4 cm³/mol. The van der Waals surface area contributed by atoms with E-state index in [1.165, 1.54) is 0 Å². The molecule has 0 aliphatic rings. The van der Waals surface area contributed by atoms with E-state index in [1.54, 1.807) is 0 Å². The molecule has 42 valence electrons. The summed E-state index contributed by atoms with van der Waals surface area (Å²) < 4.78 is 0. The van der Waals surface area contributed by atoms with Gasteiger partial charge in [0.2, 0.25) is 0 Å². The molecule has 0 spiro atoms. The molecule has 0 aromatic carbocycles. The molecule has 0 aliphatic carbocycles. The Morgan fingerprint density at radius 2 is 2.14 bits per heavy atom. The summed E-state index contributed by atoms with van der Waals surface area (Å²) in [6, 6.07) is 0. The molecular weight excluding hydrogens is 88.1 g/mol. The van der Waals surface area contributed by atoms with Crippen LogP contribution in [0.15, 0.2) is 0 Å². The van der Waals surface area contributed by atoms with Gasteiger partial charge in [0.15, 0.2) is 0 Å². The molecule has 0 saturated carbocycles. The van der Waals surface area contributed by atoms with E-state index < -0.39 is 0 Å². The predicted octanol–water partition coefficient (Wildman–Crippen LogP) is 1.76. The highest BCUT2D eigenvalue weighted by Crippen LogP contribution is 1.78. The van der Waals surface area contributed by atoms with Gasteiger partial charge in [-0.2, -0.15) is 0 Å². The van der Waals surface area contributed by atoms with E-state index in [-0.39, 0.29) is 7.43 Å². The monoisotopic (exact) mass is 100 g/mol. The van der Waals surface area contributed by atoms with Gasteiger partial charge in [-0.3, -0.25) is 0 Å². The zero-order valence-electron chi connectivity index (χ0n) is 3.86. The third kappa shape index (κ3) is 10.9. The normalized spacial score (nSPS) is 5.29. The van der Waals surface area contributed by atoms with Crippen molar-refractivity contribution >= 4 is 0 Å². The topological polar surface area (TPSA) is 20.2 Å². The van der Waals surface area contributed by atoms with Gasteiger partial charge in [0.05, 0.1) is 0 Å². The van der Waals surface area contributed by atoms with Crippen LogP contribution in [0.5, 0.6) is 0 Å². The summed E-state index contributed by atoms with van der Waals surface area (Å²) in [7, 11) is 0. The Balaban J connectivity index is 0. The second kappa shape index (κ2) is 9.03. The fourth-order valence-electron chi connectivity index (χ4n) is 0.181. The minimum atomic E-state index is 0. The van der Waals surface area contributed by atoms with Crippen molar-refractivity contribution in [2.24, 2.45) is 0 Å². The van der Waals surface area contributed by atoms with E-state index in [9.17, 15) is 0 Å². The van der Waals surface area contributed by atoms with Gasteiger partial charge in [0.25, 0.3) is 0 Å². The Morgan fingerprint density at radius 1 is 1.57 bits per heavy atom. The van der Waals surface area contributed by atoms with Crippen molar-refractivity contribution in [2.75, 3.05) is 0 Å². The fraction of sp³-hybridized carbons (Fsp3) is 0.667. The number of aliphatic hydroxyl groups is 1. The second-order valence-electron chi connectivity index (χ2n) is 1.04. The largest absolute Gasteiger partial charge is 0.462 e. The van der Waals surface area contributed by atoms with Crippen molar-refractivity contribution in [3.8, 4) is 12.0 Å². The van der Waals surface area contributed by atoms with Gasteiger partial charge in [-0.1, -0.05) is 20.3 Å². The lowest BCUT2D eigenvalue weighted by Crippen LogP contribution is -1.58. The van der Waals surface area contributed by atoms with E-state index in [1.807, 2.05) is 13.0 Å². The first kappa shape index (κ1) is 9.61. The first-order chi connectivity index (χ1) is 2.91. The standard InChI is InChI=1S/C5H8O.CH4/c1-2-3-4-5-6;/h6H,2-3H2,1H3;1H4. The summed E-state index contributed by atoms with van der Waals surface area (Å²) in [5.74, 6) is 2.50. The highest BCUT2D eigenvalue weighted by molar-refractivity contribution is 4.88. The zero-order valence-corrected chi connectivity index (χ0v) is 3.86. The number of unbranched alkanes of at least 4 members (excludes halogenated alkanes) is 1. The van der Waals surface area contributed by atoms with Crippen molar-refractivity contribution in [1.29, 1.82) is 0 Å². The highest BCUT2D eigenvalue weighted by atomic mass is 16.2. The maximum absolute atomic E-state index is 7.84. The molecule has 0 aromatic heterocycles. The van der Waals surface area contributed by atoms with E-state index in [0.29, 0.717) is 0 Å². The Labute approximate surface area is 45.4 Å². The lowest BCUT2D eigenvalue weighted by molar-refractivity contribution is 0.516. The average molecular weight is 100 g/mol. The van der Waals surface area contributed by atoms with Gasteiger partial charge < -0.3 is 5.11 Å². The Morgan fingerprint density at radius 3 is 2.29 bits per heavy atom. The van der Waals surface area contributed by atoms with Crippen LogP contribution >= 0.6 is 0 Å². The molecule has 0 fully saturated rings. The molecule has 1 heteroatoms. The molecule has 1 nitrogen and oxygen atoms in total. The maximum Gasteiger partial charge on any atom is 0.107 e. The molecule has 0 radical (unpaired) electrons. The molecule has 0 bridgehead atoms. The van der Waals surface area contributed by atoms with Crippen molar-refractivity contribution in [3.63, 3.8) is 0 Å². The molecule has 0 amide bonds. The summed E-state index contributed by atoms with van der Waals surface area (Å²) in [5, 5.41) is 7.84. The van der Waals surface area contributed by atoms with Crippen molar-refractivity contribution < 1.29 is 5.11 Å². The third-order valence-corrected chi connectivity index (χ3v) is 0.454. The van der Waals surface area contributed by atoms with Gasteiger partial charge in [0.1, 0.15) is 6.11 Å². The Bertz CT molecular complexity index is 66.0. The first-order valence-corrected chi connectivity index (χ1v) is 2.03. The minimum absolute atomic E-state index is 0. The number of aliphatic hydroxyl groups excluding tert-OH is 1. The molecule has 0 heterocycles. The van der Waals surface area contributed by atoms with Crippen LogP contribution in [-0.2, 0) is 0 Å². The molecule has 0 atom stereocenters. The van der Waals surface area contributed by atoms with Gasteiger partial charge in [-0.25, -0.2) is 0 Å². The molecule has 0 aromatic rings. The van der Waals surface area contributed by atoms with Gasteiger partial charge in [0, 0.05) is 6.42 Å². The van der Waals surface area contributed by atoms with Crippen LogP contribution in [0.2, 0.25) is 0 Å².